The van der Waals surface area contributed by atoms with Gasteiger partial charge in [-0.1, -0.05) is 30.3 Å². The highest BCUT2D eigenvalue weighted by atomic mass is 79.9. The van der Waals surface area contributed by atoms with Crippen molar-refractivity contribution < 1.29 is 0 Å². The van der Waals surface area contributed by atoms with Crippen LogP contribution in [0.3, 0.4) is 0 Å². The predicted molar refractivity (Wildman–Crippen MR) is 57.5 cm³/mol. The van der Waals surface area contributed by atoms with Crippen molar-refractivity contribution in [1.82, 2.24) is 0 Å². The predicted octanol–water partition coefficient (Wildman–Crippen LogP) is 4.18. The monoisotopic (exact) mass is 238 g/mol. The Kier molecular flexibility index (Phi) is 2.28. The maximum atomic E-state index is 3.44. The summed E-state index contributed by atoms with van der Waals surface area (Å²) in [5, 5.41) is 2.10. The third kappa shape index (κ3) is 1.59. The third-order valence-corrected chi connectivity index (χ3v) is 3.37. The molecule has 0 amide bonds. The summed E-state index contributed by atoms with van der Waals surface area (Å²) in [6.45, 7) is 0. The molecule has 0 aliphatic rings. The normalized spacial score (nSPS) is 10.1. The van der Waals surface area contributed by atoms with E-state index in [9.17, 15) is 0 Å². The van der Waals surface area contributed by atoms with Gasteiger partial charge in [0, 0.05) is 14.7 Å². The van der Waals surface area contributed by atoms with Gasteiger partial charge in [-0.2, -0.15) is 0 Å². The maximum absolute atomic E-state index is 3.44. The number of benzene rings is 1. The zero-order chi connectivity index (χ0) is 8.39. The van der Waals surface area contributed by atoms with Crippen LogP contribution in [0.5, 0.6) is 0 Å². The molecule has 60 valence electrons. The number of halogens is 1. The Morgan fingerprint density at radius 1 is 1.08 bits per heavy atom. The molecule has 0 N–H and O–H groups in total. The molecule has 0 unspecified atom stereocenters. The van der Waals surface area contributed by atoms with Gasteiger partial charge in [-0.15, -0.1) is 11.3 Å². The molecule has 0 bridgehead atoms. The molecule has 1 aromatic heterocycles. The summed E-state index contributed by atoms with van der Waals surface area (Å²) in [5.41, 5.74) is 1.29. The lowest BCUT2D eigenvalue weighted by Crippen LogP contribution is -1.67. The Morgan fingerprint density at radius 2 is 1.83 bits per heavy atom. The van der Waals surface area contributed by atoms with Crippen LogP contribution >= 0.6 is 27.3 Å². The average Bonchev–Trinajstić information content (AvgIpc) is 2.54. The second-order valence-electron chi connectivity index (χ2n) is 2.50. The van der Waals surface area contributed by atoms with Gasteiger partial charge in [0.25, 0.3) is 0 Å². The number of hydrogen-bond donors (Lipinski definition) is 0. The van der Waals surface area contributed by atoms with Crippen LogP contribution in [0.2, 0.25) is 0 Å². The lowest BCUT2D eigenvalue weighted by molar-refractivity contribution is 1.69. The van der Waals surface area contributed by atoms with Crippen molar-refractivity contribution >= 4 is 27.3 Å². The summed E-state index contributed by atoms with van der Waals surface area (Å²) in [6, 6.07) is 12.5. The van der Waals surface area contributed by atoms with E-state index < -0.39 is 0 Å². The van der Waals surface area contributed by atoms with Crippen LogP contribution in [-0.2, 0) is 0 Å². The largest absolute Gasteiger partial charge is 0.143 e. The molecule has 12 heavy (non-hydrogen) atoms. The molecular formula is C10H7BrS. The van der Waals surface area contributed by atoms with Gasteiger partial charge < -0.3 is 0 Å². The lowest BCUT2D eigenvalue weighted by Gasteiger charge is -1.93. The molecule has 0 radical (unpaired) electrons. The van der Waals surface area contributed by atoms with Crippen LogP contribution in [-0.4, -0.2) is 0 Å². The lowest BCUT2D eigenvalue weighted by atomic mass is 10.2. The van der Waals surface area contributed by atoms with Gasteiger partial charge in [-0.25, -0.2) is 0 Å². The molecule has 0 spiro atoms. The van der Waals surface area contributed by atoms with Crippen molar-refractivity contribution in [3.05, 3.63) is 46.3 Å². The molecule has 0 saturated carbocycles. The first-order chi connectivity index (χ1) is 5.86. The Bertz CT molecular complexity index is 364. The summed E-state index contributed by atoms with van der Waals surface area (Å²) >= 11 is 5.20. The van der Waals surface area contributed by atoms with E-state index >= 15 is 0 Å². The Labute approximate surface area is 84.0 Å². The number of rotatable bonds is 1. The Hall–Kier alpha value is -0.600. The van der Waals surface area contributed by atoms with Gasteiger partial charge in [-0.05, 0) is 27.6 Å². The molecule has 0 nitrogen and oxygen atoms in total. The molecule has 2 rings (SSSR count). The minimum Gasteiger partial charge on any atom is -0.143 e. The summed E-state index contributed by atoms with van der Waals surface area (Å²) < 4.78 is 1.16. The maximum Gasteiger partial charge on any atom is 0.0354 e. The van der Waals surface area contributed by atoms with Gasteiger partial charge in [-0.3, -0.25) is 0 Å². The van der Waals surface area contributed by atoms with Gasteiger partial charge in [0.05, 0.1) is 0 Å². The van der Waals surface area contributed by atoms with E-state index in [1.807, 2.05) is 6.07 Å². The van der Waals surface area contributed by atoms with E-state index in [1.54, 1.807) is 11.3 Å². The summed E-state index contributed by atoms with van der Waals surface area (Å²) in [4.78, 5) is 1.31. The molecule has 0 aliphatic carbocycles. The van der Waals surface area contributed by atoms with Crippen molar-refractivity contribution in [2.75, 3.05) is 0 Å². The fraction of sp³-hybridized carbons (Fsp3) is 0. The fourth-order valence-corrected chi connectivity index (χ4v) is 2.50. The van der Waals surface area contributed by atoms with Crippen molar-refractivity contribution in [1.29, 1.82) is 0 Å². The van der Waals surface area contributed by atoms with Crippen LogP contribution in [0.4, 0.5) is 0 Å². The van der Waals surface area contributed by atoms with Gasteiger partial charge >= 0.3 is 0 Å². The van der Waals surface area contributed by atoms with E-state index in [1.165, 1.54) is 10.4 Å². The molecule has 0 fully saturated rings. The highest BCUT2D eigenvalue weighted by Crippen LogP contribution is 2.29. The molecular weight excluding hydrogens is 232 g/mol. The number of thiophene rings is 1. The standard InChI is InChI=1S/C10H7BrS/c11-9-6-10(12-7-9)8-4-2-1-3-5-8/h1-7H. The summed E-state index contributed by atoms with van der Waals surface area (Å²) in [7, 11) is 0. The molecule has 0 aliphatic heterocycles. The van der Waals surface area contributed by atoms with Crippen LogP contribution in [0.25, 0.3) is 10.4 Å². The zero-order valence-corrected chi connectivity index (χ0v) is 8.73. The van der Waals surface area contributed by atoms with E-state index in [4.69, 9.17) is 0 Å². The quantitative estimate of drug-likeness (QED) is 0.700. The SMILES string of the molecule is Brc1csc(-c2ccccc2)c1. The van der Waals surface area contributed by atoms with E-state index in [-0.39, 0.29) is 0 Å². The van der Waals surface area contributed by atoms with Gasteiger partial charge in [0.2, 0.25) is 0 Å². The topological polar surface area (TPSA) is 0 Å². The van der Waals surface area contributed by atoms with Crippen LogP contribution < -0.4 is 0 Å². The smallest absolute Gasteiger partial charge is 0.0354 e. The number of hydrogen-bond acceptors (Lipinski definition) is 1. The summed E-state index contributed by atoms with van der Waals surface area (Å²) in [6.07, 6.45) is 0. The Balaban J connectivity index is 2.45. The van der Waals surface area contributed by atoms with Crippen molar-refractivity contribution in [3.8, 4) is 10.4 Å². The first-order valence-electron chi connectivity index (χ1n) is 3.66. The van der Waals surface area contributed by atoms with Gasteiger partial charge in [0.1, 0.15) is 0 Å². The van der Waals surface area contributed by atoms with Crippen molar-refractivity contribution in [3.63, 3.8) is 0 Å². The van der Waals surface area contributed by atoms with Crippen molar-refractivity contribution in [2.45, 2.75) is 0 Å². The molecule has 0 atom stereocenters. The van der Waals surface area contributed by atoms with Crippen LogP contribution in [0.15, 0.2) is 46.3 Å². The highest BCUT2D eigenvalue weighted by Gasteiger charge is 1.98. The van der Waals surface area contributed by atoms with E-state index in [0.29, 0.717) is 0 Å². The highest BCUT2D eigenvalue weighted by molar-refractivity contribution is 9.10. The molecule has 2 heteroatoms. The van der Waals surface area contributed by atoms with Crippen LogP contribution in [0, 0.1) is 0 Å². The molecule has 0 saturated heterocycles. The van der Waals surface area contributed by atoms with E-state index in [0.717, 1.165) is 4.47 Å². The molecule has 1 heterocycles. The van der Waals surface area contributed by atoms with Crippen LogP contribution in [0.1, 0.15) is 0 Å². The van der Waals surface area contributed by atoms with E-state index in [2.05, 4.69) is 51.6 Å². The first kappa shape index (κ1) is 8.02. The van der Waals surface area contributed by atoms with Gasteiger partial charge in [0.15, 0.2) is 0 Å². The van der Waals surface area contributed by atoms with Crippen molar-refractivity contribution in [2.24, 2.45) is 0 Å². The minimum atomic E-state index is 1.16. The minimum absolute atomic E-state index is 1.16. The average molecular weight is 239 g/mol. The third-order valence-electron chi connectivity index (χ3n) is 1.63. The molecule has 1 aromatic carbocycles. The molecule has 2 aromatic rings. The second kappa shape index (κ2) is 3.42. The summed E-state index contributed by atoms with van der Waals surface area (Å²) in [5.74, 6) is 0. The first-order valence-corrected chi connectivity index (χ1v) is 5.33. The fourth-order valence-electron chi connectivity index (χ4n) is 1.07. The zero-order valence-electron chi connectivity index (χ0n) is 6.33. The second-order valence-corrected chi connectivity index (χ2v) is 4.32. The Morgan fingerprint density at radius 3 is 2.42 bits per heavy atom.